The number of rotatable bonds is 6. The van der Waals surface area contributed by atoms with Crippen LogP contribution in [0.25, 0.3) is 0 Å². The van der Waals surface area contributed by atoms with Gasteiger partial charge in [-0.1, -0.05) is 0 Å². The molecule has 0 aromatic rings. The molecule has 0 bridgehead atoms. The number of carbonyl (C=O) groups excluding carboxylic acids is 2. The monoisotopic (exact) mass is 279 g/mol. The average molecular weight is 279 g/mol. The predicted octanol–water partition coefficient (Wildman–Crippen LogP) is -1.70. The standard InChI is InChI=1S/C10H21N3O4S/c1-12(2)9(14)7-13(3)10(15)8(11)5-6-18(4,16)17/h8H,5-7,11H2,1-4H3. The summed E-state index contributed by atoms with van der Waals surface area (Å²) < 4.78 is 21.9. The lowest BCUT2D eigenvalue weighted by Crippen LogP contribution is -2.46. The second-order valence-corrected chi connectivity index (χ2v) is 6.77. The summed E-state index contributed by atoms with van der Waals surface area (Å²) in [7, 11) is 1.50. The Kier molecular flexibility index (Phi) is 6.27. The van der Waals surface area contributed by atoms with E-state index in [4.69, 9.17) is 5.73 Å². The van der Waals surface area contributed by atoms with E-state index in [-0.39, 0.29) is 24.6 Å². The Morgan fingerprint density at radius 2 is 1.72 bits per heavy atom. The summed E-state index contributed by atoms with van der Waals surface area (Å²) in [6.07, 6.45) is 1.14. The first-order valence-electron chi connectivity index (χ1n) is 5.43. The molecule has 1 unspecified atom stereocenters. The van der Waals surface area contributed by atoms with E-state index in [1.165, 1.54) is 16.8 Å². The summed E-state index contributed by atoms with van der Waals surface area (Å²) in [4.78, 5) is 25.7. The normalized spacial score (nSPS) is 12.9. The van der Waals surface area contributed by atoms with Gasteiger partial charge in [0.2, 0.25) is 11.8 Å². The van der Waals surface area contributed by atoms with Crippen molar-refractivity contribution in [2.75, 3.05) is 39.7 Å². The molecule has 0 aromatic carbocycles. The Balaban J connectivity index is 4.33. The summed E-state index contributed by atoms with van der Waals surface area (Å²) in [6.45, 7) is -0.0710. The van der Waals surface area contributed by atoms with E-state index in [1.807, 2.05) is 0 Å². The van der Waals surface area contributed by atoms with Crippen LogP contribution in [0.15, 0.2) is 0 Å². The SMILES string of the molecule is CN(C)C(=O)CN(C)C(=O)C(N)CCS(C)(=O)=O. The van der Waals surface area contributed by atoms with E-state index < -0.39 is 21.8 Å². The molecule has 2 amide bonds. The molecule has 0 aliphatic carbocycles. The first kappa shape index (κ1) is 16.9. The van der Waals surface area contributed by atoms with Gasteiger partial charge >= 0.3 is 0 Å². The Bertz CT molecular complexity index is 405. The van der Waals surface area contributed by atoms with Crippen LogP contribution in [0.4, 0.5) is 0 Å². The number of hydrogen-bond donors (Lipinski definition) is 1. The number of nitrogens with two attached hydrogens (primary N) is 1. The first-order valence-corrected chi connectivity index (χ1v) is 7.49. The van der Waals surface area contributed by atoms with Gasteiger partial charge in [-0.3, -0.25) is 9.59 Å². The van der Waals surface area contributed by atoms with Gasteiger partial charge in [0, 0.05) is 27.4 Å². The maximum Gasteiger partial charge on any atom is 0.241 e. The minimum absolute atomic E-state index is 0.0537. The van der Waals surface area contributed by atoms with Crippen molar-refractivity contribution in [2.45, 2.75) is 12.5 Å². The molecule has 0 aliphatic heterocycles. The third kappa shape index (κ3) is 6.55. The van der Waals surface area contributed by atoms with Gasteiger partial charge in [0.25, 0.3) is 0 Å². The van der Waals surface area contributed by atoms with Crippen molar-refractivity contribution in [3.63, 3.8) is 0 Å². The third-order valence-electron chi connectivity index (χ3n) is 2.36. The lowest BCUT2D eigenvalue weighted by atomic mass is 10.2. The van der Waals surface area contributed by atoms with E-state index in [0.29, 0.717) is 0 Å². The molecule has 7 nitrogen and oxygen atoms in total. The highest BCUT2D eigenvalue weighted by atomic mass is 32.2. The Morgan fingerprint density at radius 3 is 2.11 bits per heavy atom. The van der Waals surface area contributed by atoms with Crippen molar-refractivity contribution in [1.29, 1.82) is 0 Å². The van der Waals surface area contributed by atoms with Crippen LogP contribution in [0.5, 0.6) is 0 Å². The topological polar surface area (TPSA) is 101 Å². The zero-order valence-corrected chi connectivity index (χ0v) is 12.0. The van der Waals surface area contributed by atoms with Crippen molar-refractivity contribution in [3.05, 3.63) is 0 Å². The first-order chi connectivity index (χ1) is 8.04. The zero-order chi connectivity index (χ0) is 14.5. The highest BCUT2D eigenvalue weighted by molar-refractivity contribution is 7.90. The molecule has 0 spiro atoms. The highest BCUT2D eigenvalue weighted by Gasteiger charge is 2.21. The number of likely N-dealkylation sites (N-methyl/N-ethyl adjacent to an activating group) is 2. The number of amides is 2. The van der Waals surface area contributed by atoms with Crippen LogP contribution in [-0.4, -0.2) is 75.8 Å². The molecule has 0 saturated heterocycles. The van der Waals surface area contributed by atoms with Gasteiger partial charge in [0.05, 0.1) is 18.3 Å². The van der Waals surface area contributed by atoms with Crippen LogP contribution in [0.2, 0.25) is 0 Å². The molecular formula is C10H21N3O4S. The number of carbonyl (C=O) groups is 2. The minimum Gasteiger partial charge on any atom is -0.347 e. The van der Waals surface area contributed by atoms with Gasteiger partial charge < -0.3 is 15.5 Å². The fraction of sp³-hybridized carbons (Fsp3) is 0.800. The van der Waals surface area contributed by atoms with Crippen LogP contribution < -0.4 is 5.73 Å². The number of sulfone groups is 1. The second kappa shape index (κ2) is 6.69. The van der Waals surface area contributed by atoms with Gasteiger partial charge in [0.15, 0.2) is 0 Å². The molecule has 0 aromatic heterocycles. The lowest BCUT2D eigenvalue weighted by Gasteiger charge is -2.22. The Hall–Kier alpha value is -1.15. The fourth-order valence-electron chi connectivity index (χ4n) is 1.17. The van der Waals surface area contributed by atoms with Crippen LogP contribution in [0.1, 0.15) is 6.42 Å². The summed E-state index contributed by atoms with van der Waals surface area (Å²) in [5, 5.41) is 0. The van der Waals surface area contributed by atoms with Crippen molar-refractivity contribution < 1.29 is 18.0 Å². The van der Waals surface area contributed by atoms with Gasteiger partial charge in [-0.05, 0) is 6.42 Å². The predicted molar refractivity (Wildman–Crippen MR) is 68.6 cm³/mol. The fourth-order valence-corrected chi connectivity index (χ4v) is 1.85. The van der Waals surface area contributed by atoms with Gasteiger partial charge in [-0.2, -0.15) is 0 Å². The van der Waals surface area contributed by atoms with Crippen LogP contribution in [0, 0.1) is 0 Å². The largest absolute Gasteiger partial charge is 0.347 e. The van der Waals surface area contributed by atoms with Gasteiger partial charge in [-0.25, -0.2) is 8.42 Å². The van der Waals surface area contributed by atoms with E-state index in [1.54, 1.807) is 14.1 Å². The smallest absolute Gasteiger partial charge is 0.241 e. The molecule has 1 atom stereocenters. The van der Waals surface area contributed by atoms with Crippen molar-refractivity contribution in [3.8, 4) is 0 Å². The quantitative estimate of drug-likeness (QED) is 0.624. The van der Waals surface area contributed by atoms with Crippen LogP contribution in [-0.2, 0) is 19.4 Å². The summed E-state index contributed by atoms with van der Waals surface area (Å²) >= 11 is 0. The van der Waals surface area contributed by atoms with E-state index in [0.717, 1.165) is 6.26 Å². The third-order valence-corrected chi connectivity index (χ3v) is 3.34. The summed E-state index contributed by atoms with van der Waals surface area (Å²) in [5.41, 5.74) is 5.60. The molecule has 0 rings (SSSR count). The highest BCUT2D eigenvalue weighted by Crippen LogP contribution is 1.99. The molecule has 0 saturated carbocycles. The van der Waals surface area contributed by atoms with Crippen molar-refractivity contribution in [2.24, 2.45) is 5.73 Å². The maximum atomic E-state index is 11.8. The van der Waals surface area contributed by atoms with E-state index in [9.17, 15) is 18.0 Å². The lowest BCUT2D eigenvalue weighted by molar-refractivity contribution is -0.138. The van der Waals surface area contributed by atoms with Crippen LogP contribution >= 0.6 is 0 Å². The molecule has 0 aliphatic rings. The maximum absolute atomic E-state index is 11.8. The second-order valence-electron chi connectivity index (χ2n) is 4.51. The summed E-state index contributed by atoms with van der Waals surface area (Å²) in [5.74, 6) is -0.801. The molecule has 18 heavy (non-hydrogen) atoms. The molecule has 8 heteroatoms. The number of nitrogens with zero attached hydrogens (tertiary/aromatic N) is 2. The van der Waals surface area contributed by atoms with E-state index in [2.05, 4.69) is 0 Å². The number of hydrogen-bond acceptors (Lipinski definition) is 5. The van der Waals surface area contributed by atoms with Crippen molar-refractivity contribution in [1.82, 2.24) is 9.80 Å². The van der Waals surface area contributed by atoms with Crippen molar-refractivity contribution >= 4 is 21.7 Å². The van der Waals surface area contributed by atoms with Crippen LogP contribution in [0.3, 0.4) is 0 Å². The molecule has 0 heterocycles. The molecular weight excluding hydrogens is 258 g/mol. The molecule has 0 fully saturated rings. The van der Waals surface area contributed by atoms with E-state index >= 15 is 0 Å². The molecule has 106 valence electrons. The molecule has 2 N–H and O–H groups in total. The van der Waals surface area contributed by atoms with Gasteiger partial charge in [0.1, 0.15) is 9.84 Å². The average Bonchev–Trinajstić information content (AvgIpc) is 2.23. The zero-order valence-electron chi connectivity index (χ0n) is 11.2. The summed E-state index contributed by atoms with van der Waals surface area (Å²) in [6, 6.07) is -0.903. The Labute approximate surface area is 108 Å². The molecule has 0 radical (unpaired) electrons. The minimum atomic E-state index is -3.14. The Morgan fingerprint density at radius 1 is 1.22 bits per heavy atom. The van der Waals surface area contributed by atoms with Gasteiger partial charge in [-0.15, -0.1) is 0 Å².